The second-order valence-corrected chi connectivity index (χ2v) is 8.05. The lowest BCUT2D eigenvalue weighted by atomic mass is 10.2. The van der Waals surface area contributed by atoms with Crippen molar-refractivity contribution in [3.05, 3.63) is 39.8 Å². The maximum Gasteiger partial charge on any atom is 0.267 e. The topological polar surface area (TPSA) is 79.4 Å². The molecule has 0 aliphatic heterocycles. The maximum atomic E-state index is 12.7. The summed E-state index contributed by atoms with van der Waals surface area (Å²) in [5.41, 5.74) is 3.36. The average molecular weight is 367 g/mol. The van der Waals surface area contributed by atoms with Crippen LogP contribution in [0, 0.1) is 13.8 Å². The molecule has 2 aromatic rings. The van der Waals surface area contributed by atoms with Gasteiger partial charge in [-0.2, -0.15) is 4.31 Å². The molecule has 8 heteroatoms. The molecular weight excluding hydrogens is 346 g/mol. The van der Waals surface area contributed by atoms with E-state index in [-0.39, 0.29) is 10.8 Å². The molecule has 1 aromatic carbocycles. The Hall–Kier alpha value is -1.77. The van der Waals surface area contributed by atoms with E-state index in [1.54, 1.807) is 45.3 Å². The van der Waals surface area contributed by atoms with Gasteiger partial charge >= 0.3 is 0 Å². The van der Waals surface area contributed by atoms with Gasteiger partial charge in [-0.15, -0.1) is 11.3 Å². The second-order valence-electron chi connectivity index (χ2n) is 5.29. The predicted molar refractivity (Wildman–Crippen MR) is 96.1 cm³/mol. The van der Waals surface area contributed by atoms with E-state index in [1.807, 2.05) is 0 Å². The smallest absolute Gasteiger partial charge is 0.267 e. The van der Waals surface area contributed by atoms with Crippen molar-refractivity contribution in [3.63, 3.8) is 0 Å². The quantitative estimate of drug-likeness (QED) is 0.851. The lowest BCUT2D eigenvalue weighted by Crippen LogP contribution is -2.31. The van der Waals surface area contributed by atoms with E-state index < -0.39 is 10.0 Å². The van der Waals surface area contributed by atoms with Gasteiger partial charge in [-0.25, -0.2) is 13.4 Å². The molecule has 0 aliphatic carbocycles. The number of thiazole rings is 1. The molecule has 0 spiro atoms. The summed E-state index contributed by atoms with van der Waals surface area (Å²) in [6, 6.07) is 4.91. The molecule has 0 bridgehead atoms. The molecular formula is C16H21N3O3S2. The lowest BCUT2D eigenvalue weighted by Gasteiger charge is -2.20. The van der Waals surface area contributed by atoms with Crippen molar-refractivity contribution in [1.82, 2.24) is 9.29 Å². The zero-order chi connectivity index (χ0) is 17.9. The van der Waals surface area contributed by atoms with E-state index in [4.69, 9.17) is 0 Å². The molecule has 0 saturated carbocycles. The first-order valence-corrected chi connectivity index (χ1v) is 9.95. The fraction of sp³-hybridized carbons (Fsp3) is 0.375. The molecule has 1 amide bonds. The standard InChI is InChI=1S/C16H21N3O3S2/c1-5-19(6-2)24(21,22)14-9-13(8-7-11(14)3)18-16(20)15-12(4)17-10-23-15/h7-10H,5-6H2,1-4H3,(H,18,20). The minimum absolute atomic E-state index is 0.213. The third-order valence-electron chi connectivity index (χ3n) is 3.72. The molecule has 1 heterocycles. The van der Waals surface area contributed by atoms with Gasteiger partial charge in [-0.3, -0.25) is 4.79 Å². The Morgan fingerprint density at radius 2 is 1.92 bits per heavy atom. The van der Waals surface area contributed by atoms with Gasteiger partial charge in [0.25, 0.3) is 5.91 Å². The Kier molecular flexibility index (Phi) is 5.74. The number of hydrogen-bond donors (Lipinski definition) is 1. The Bertz CT molecular complexity index is 840. The Labute approximate surface area is 146 Å². The number of anilines is 1. The van der Waals surface area contributed by atoms with Crippen LogP contribution < -0.4 is 5.32 Å². The largest absolute Gasteiger partial charge is 0.321 e. The van der Waals surface area contributed by atoms with Crippen molar-refractivity contribution in [2.75, 3.05) is 18.4 Å². The van der Waals surface area contributed by atoms with Crippen LogP contribution in [-0.4, -0.2) is 36.7 Å². The van der Waals surface area contributed by atoms with Crippen molar-refractivity contribution in [2.24, 2.45) is 0 Å². The van der Waals surface area contributed by atoms with Crippen LogP contribution in [0.25, 0.3) is 0 Å². The van der Waals surface area contributed by atoms with Crippen molar-refractivity contribution in [2.45, 2.75) is 32.6 Å². The minimum atomic E-state index is -3.58. The van der Waals surface area contributed by atoms with Crippen LogP contribution in [-0.2, 0) is 10.0 Å². The summed E-state index contributed by atoms with van der Waals surface area (Å²) in [5.74, 6) is -0.287. The molecule has 0 saturated heterocycles. The molecule has 0 aliphatic rings. The maximum absolute atomic E-state index is 12.7. The van der Waals surface area contributed by atoms with Crippen LogP contribution in [0.2, 0.25) is 0 Å². The number of sulfonamides is 1. The minimum Gasteiger partial charge on any atom is -0.321 e. The van der Waals surface area contributed by atoms with Crippen LogP contribution in [0.15, 0.2) is 28.6 Å². The van der Waals surface area contributed by atoms with Crippen molar-refractivity contribution < 1.29 is 13.2 Å². The molecule has 130 valence electrons. The second kappa shape index (κ2) is 7.42. The fourth-order valence-corrected chi connectivity index (χ4v) is 4.77. The zero-order valence-electron chi connectivity index (χ0n) is 14.2. The van der Waals surface area contributed by atoms with E-state index in [9.17, 15) is 13.2 Å². The van der Waals surface area contributed by atoms with Crippen molar-refractivity contribution >= 4 is 33.0 Å². The number of carbonyl (C=O) groups is 1. The summed E-state index contributed by atoms with van der Waals surface area (Å²) in [6.45, 7) is 7.90. The summed E-state index contributed by atoms with van der Waals surface area (Å²) in [6.07, 6.45) is 0. The number of amides is 1. The number of aryl methyl sites for hydroxylation is 2. The van der Waals surface area contributed by atoms with Crippen LogP contribution in [0.4, 0.5) is 5.69 Å². The molecule has 24 heavy (non-hydrogen) atoms. The average Bonchev–Trinajstić information content (AvgIpc) is 2.96. The third-order valence-corrected chi connectivity index (χ3v) is 6.84. The molecule has 0 radical (unpaired) electrons. The number of aromatic nitrogens is 1. The van der Waals surface area contributed by atoms with Gasteiger partial charge in [-0.05, 0) is 31.5 Å². The van der Waals surface area contributed by atoms with Crippen molar-refractivity contribution in [3.8, 4) is 0 Å². The zero-order valence-corrected chi connectivity index (χ0v) is 15.8. The predicted octanol–water partition coefficient (Wildman–Crippen LogP) is 3.04. The summed E-state index contributed by atoms with van der Waals surface area (Å²) in [5, 5.41) is 2.75. The number of nitrogens with one attached hydrogen (secondary N) is 1. The summed E-state index contributed by atoms with van der Waals surface area (Å²) < 4.78 is 26.9. The van der Waals surface area contributed by atoms with Gasteiger partial charge in [0.05, 0.1) is 16.1 Å². The molecule has 0 unspecified atom stereocenters. The van der Waals surface area contributed by atoms with Crippen molar-refractivity contribution in [1.29, 1.82) is 0 Å². The summed E-state index contributed by atoms with van der Waals surface area (Å²) in [4.78, 5) is 17.1. The molecule has 2 rings (SSSR count). The Morgan fingerprint density at radius 1 is 1.25 bits per heavy atom. The van der Waals surface area contributed by atoms with Crippen LogP contribution in [0.1, 0.15) is 34.8 Å². The van der Waals surface area contributed by atoms with Gasteiger partial charge in [0.2, 0.25) is 10.0 Å². The monoisotopic (exact) mass is 367 g/mol. The first-order valence-electron chi connectivity index (χ1n) is 7.63. The van der Waals surface area contributed by atoms with Crippen LogP contribution in [0.5, 0.6) is 0 Å². The highest BCUT2D eigenvalue weighted by Gasteiger charge is 2.24. The Morgan fingerprint density at radius 3 is 2.46 bits per heavy atom. The van der Waals surface area contributed by atoms with Gasteiger partial charge in [0.1, 0.15) is 4.88 Å². The third kappa shape index (κ3) is 3.66. The first-order chi connectivity index (χ1) is 11.3. The highest BCUT2D eigenvalue weighted by molar-refractivity contribution is 7.89. The van der Waals surface area contributed by atoms with Gasteiger partial charge < -0.3 is 5.32 Å². The van der Waals surface area contributed by atoms with E-state index in [0.29, 0.717) is 34.9 Å². The number of nitrogens with zero attached hydrogens (tertiary/aromatic N) is 2. The van der Waals surface area contributed by atoms with E-state index in [0.717, 1.165) is 0 Å². The number of carbonyl (C=O) groups excluding carboxylic acids is 1. The van der Waals surface area contributed by atoms with E-state index in [2.05, 4.69) is 10.3 Å². The van der Waals surface area contributed by atoms with Crippen LogP contribution in [0.3, 0.4) is 0 Å². The molecule has 0 fully saturated rings. The Balaban J connectivity index is 2.36. The molecule has 0 atom stereocenters. The molecule has 1 N–H and O–H groups in total. The molecule has 6 nitrogen and oxygen atoms in total. The lowest BCUT2D eigenvalue weighted by molar-refractivity contribution is 0.102. The fourth-order valence-electron chi connectivity index (χ4n) is 2.37. The highest BCUT2D eigenvalue weighted by Crippen LogP contribution is 2.24. The van der Waals surface area contributed by atoms with Gasteiger partial charge in [0, 0.05) is 18.8 Å². The number of hydrogen-bond acceptors (Lipinski definition) is 5. The first kappa shape index (κ1) is 18.6. The summed E-state index contributed by atoms with van der Waals surface area (Å²) in [7, 11) is -3.58. The highest BCUT2D eigenvalue weighted by atomic mass is 32.2. The van der Waals surface area contributed by atoms with E-state index >= 15 is 0 Å². The van der Waals surface area contributed by atoms with Crippen LogP contribution >= 0.6 is 11.3 Å². The summed E-state index contributed by atoms with van der Waals surface area (Å²) >= 11 is 1.25. The number of benzene rings is 1. The SMILES string of the molecule is CCN(CC)S(=O)(=O)c1cc(NC(=O)c2scnc2C)ccc1C. The normalized spacial score (nSPS) is 11.7. The van der Waals surface area contributed by atoms with Gasteiger partial charge in [-0.1, -0.05) is 19.9 Å². The molecule has 1 aromatic heterocycles. The number of rotatable bonds is 6. The van der Waals surface area contributed by atoms with E-state index in [1.165, 1.54) is 21.7 Å². The van der Waals surface area contributed by atoms with Gasteiger partial charge in [0.15, 0.2) is 0 Å².